The van der Waals surface area contributed by atoms with Crippen LogP contribution in [0.5, 0.6) is 0 Å². The Morgan fingerprint density at radius 2 is 1.76 bits per heavy atom. The number of hydrogen-bond acceptors (Lipinski definition) is 4. The van der Waals surface area contributed by atoms with Crippen LogP contribution in [0.2, 0.25) is 0 Å². The number of ketones is 1. The minimum absolute atomic E-state index is 0.0298. The Bertz CT molecular complexity index is 1180. The Balaban J connectivity index is 1.54. The minimum Gasteiger partial charge on any atom is -0.504 e. The Morgan fingerprint density at radius 1 is 1.05 bits per heavy atom. The van der Waals surface area contributed by atoms with E-state index >= 15 is 0 Å². The molecule has 5 heteroatoms. The minimum atomic E-state index is -0.369. The van der Waals surface area contributed by atoms with Gasteiger partial charge in [-0.05, 0) is 91.3 Å². The third-order valence-electron chi connectivity index (χ3n) is 12.0. The van der Waals surface area contributed by atoms with Crippen molar-refractivity contribution in [3.63, 3.8) is 0 Å². The molecule has 0 aliphatic heterocycles. The maximum absolute atomic E-state index is 13.4. The number of carbonyl (C=O) groups excluding carboxylic acids is 2. The summed E-state index contributed by atoms with van der Waals surface area (Å²) >= 11 is 0. The fourth-order valence-corrected chi connectivity index (χ4v) is 9.14. The summed E-state index contributed by atoms with van der Waals surface area (Å²) in [5.74, 6) is 0.208. The molecular weight excluding hydrogens is 462 g/mol. The highest BCUT2D eigenvalue weighted by Gasteiger charge is 2.67. The van der Waals surface area contributed by atoms with Crippen molar-refractivity contribution in [3.8, 4) is 0 Å². The van der Waals surface area contributed by atoms with Crippen molar-refractivity contribution in [3.05, 3.63) is 46.3 Å². The van der Waals surface area contributed by atoms with Crippen molar-refractivity contribution in [1.82, 2.24) is 5.32 Å². The Labute approximate surface area is 222 Å². The van der Waals surface area contributed by atoms with E-state index in [1.54, 1.807) is 13.2 Å². The smallest absolute Gasteiger partial charge is 0.226 e. The molecule has 0 unspecified atom stereocenters. The fourth-order valence-electron chi connectivity index (χ4n) is 9.14. The molecule has 0 aromatic carbocycles. The van der Waals surface area contributed by atoms with E-state index in [1.807, 2.05) is 6.92 Å². The van der Waals surface area contributed by atoms with E-state index in [0.29, 0.717) is 24.6 Å². The molecule has 0 spiro atoms. The molecule has 5 aliphatic rings. The molecule has 6 atom stereocenters. The van der Waals surface area contributed by atoms with Crippen LogP contribution in [0, 0.1) is 33.0 Å². The summed E-state index contributed by atoms with van der Waals surface area (Å²) < 4.78 is 5.16. The van der Waals surface area contributed by atoms with Crippen molar-refractivity contribution >= 4 is 11.7 Å². The van der Waals surface area contributed by atoms with Gasteiger partial charge in [0.15, 0.2) is 5.76 Å². The summed E-state index contributed by atoms with van der Waals surface area (Å²) in [6.07, 6.45) is 13.4. The molecule has 37 heavy (non-hydrogen) atoms. The zero-order valence-electron chi connectivity index (χ0n) is 23.8. The second-order valence-corrected chi connectivity index (χ2v) is 13.9. The molecule has 202 valence electrons. The number of carbonyl (C=O) groups is 2. The molecule has 0 saturated heterocycles. The van der Waals surface area contributed by atoms with Crippen LogP contribution in [-0.2, 0) is 14.3 Å². The summed E-state index contributed by atoms with van der Waals surface area (Å²) in [6.45, 7) is 14.9. The fraction of sp³-hybridized carbons (Fsp3) is 0.688. The second-order valence-electron chi connectivity index (χ2n) is 13.9. The van der Waals surface area contributed by atoms with Crippen LogP contribution >= 0.6 is 0 Å². The summed E-state index contributed by atoms with van der Waals surface area (Å²) in [7, 11) is 1.66. The van der Waals surface area contributed by atoms with Crippen molar-refractivity contribution in [2.24, 2.45) is 33.0 Å². The molecule has 3 saturated carbocycles. The van der Waals surface area contributed by atoms with E-state index in [9.17, 15) is 14.7 Å². The first kappa shape index (κ1) is 26.5. The number of aliphatic hydroxyl groups is 1. The first-order chi connectivity index (χ1) is 17.3. The van der Waals surface area contributed by atoms with Gasteiger partial charge in [0.05, 0.1) is 6.61 Å². The van der Waals surface area contributed by atoms with Crippen LogP contribution in [0.1, 0.15) is 86.5 Å². The van der Waals surface area contributed by atoms with Gasteiger partial charge >= 0.3 is 0 Å². The predicted octanol–water partition coefficient (Wildman–Crippen LogP) is 6.38. The number of hydrogen-bond donors (Lipinski definition) is 2. The summed E-state index contributed by atoms with van der Waals surface area (Å²) in [6, 6.07) is 0. The van der Waals surface area contributed by atoms with Gasteiger partial charge in [-0.2, -0.15) is 0 Å². The SMILES string of the molecule is COCCNC(=O)[C@]1(C)CC[C@]2(C)CC[C@]3(C)C4=CC=C5C(=CC(=O)C(O)=C5C)[C@]4(C)CC[C@@]3(C)[C@@H]2C1. The van der Waals surface area contributed by atoms with Crippen molar-refractivity contribution in [2.75, 3.05) is 20.3 Å². The predicted molar refractivity (Wildman–Crippen MR) is 146 cm³/mol. The molecule has 3 fully saturated rings. The molecule has 0 aromatic rings. The number of ether oxygens (including phenoxy) is 1. The normalized spacial score (nSPS) is 42.9. The molecule has 0 aromatic heterocycles. The van der Waals surface area contributed by atoms with Gasteiger partial charge in [0, 0.05) is 30.1 Å². The van der Waals surface area contributed by atoms with Crippen LogP contribution < -0.4 is 5.32 Å². The number of fused-ring (bicyclic) bond motifs is 7. The van der Waals surface area contributed by atoms with Crippen LogP contribution in [0.4, 0.5) is 0 Å². The number of amides is 1. The van der Waals surface area contributed by atoms with Crippen LogP contribution in [0.15, 0.2) is 46.3 Å². The van der Waals surface area contributed by atoms with E-state index < -0.39 is 0 Å². The highest BCUT2D eigenvalue weighted by atomic mass is 16.5. The van der Waals surface area contributed by atoms with E-state index in [4.69, 9.17) is 4.74 Å². The molecule has 5 nitrogen and oxygen atoms in total. The number of methoxy groups -OCH3 is 1. The van der Waals surface area contributed by atoms with Gasteiger partial charge < -0.3 is 15.2 Å². The lowest BCUT2D eigenvalue weighted by Gasteiger charge is -2.70. The first-order valence-corrected chi connectivity index (χ1v) is 14.1. The van der Waals surface area contributed by atoms with E-state index in [2.05, 4.69) is 52.1 Å². The zero-order valence-corrected chi connectivity index (χ0v) is 23.8. The summed E-state index contributed by atoms with van der Waals surface area (Å²) in [4.78, 5) is 26.1. The lowest BCUT2D eigenvalue weighted by Crippen LogP contribution is -2.62. The Kier molecular flexibility index (Phi) is 6.03. The summed E-state index contributed by atoms with van der Waals surface area (Å²) in [5, 5.41) is 13.5. The van der Waals surface area contributed by atoms with Crippen molar-refractivity contribution < 1.29 is 19.4 Å². The lowest BCUT2D eigenvalue weighted by atomic mass is 9.34. The van der Waals surface area contributed by atoms with E-state index in [-0.39, 0.29) is 44.5 Å². The van der Waals surface area contributed by atoms with Gasteiger partial charge in [-0.15, -0.1) is 0 Å². The molecular formula is C32H45NO4. The van der Waals surface area contributed by atoms with Gasteiger partial charge in [-0.25, -0.2) is 0 Å². The average molecular weight is 508 g/mol. The quantitative estimate of drug-likeness (QED) is 0.433. The topological polar surface area (TPSA) is 75.6 Å². The maximum atomic E-state index is 13.4. The number of aliphatic hydroxyl groups excluding tert-OH is 1. The molecule has 0 radical (unpaired) electrons. The van der Waals surface area contributed by atoms with Crippen LogP contribution in [0.3, 0.4) is 0 Å². The van der Waals surface area contributed by atoms with Gasteiger partial charge in [0.1, 0.15) is 0 Å². The van der Waals surface area contributed by atoms with Crippen molar-refractivity contribution in [2.45, 2.75) is 86.5 Å². The Hall–Kier alpha value is -2.14. The number of rotatable bonds is 4. The van der Waals surface area contributed by atoms with Crippen LogP contribution in [-0.4, -0.2) is 37.1 Å². The highest BCUT2D eigenvalue weighted by molar-refractivity contribution is 6.06. The van der Waals surface area contributed by atoms with E-state index in [0.717, 1.165) is 56.1 Å². The molecule has 0 heterocycles. The maximum Gasteiger partial charge on any atom is 0.226 e. The largest absolute Gasteiger partial charge is 0.504 e. The monoisotopic (exact) mass is 507 g/mol. The second kappa shape index (κ2) is 8.43. The Morgan fingerprint density at radius 3 is 2.46 bits per heavy atom. The standard InChI is InChI=1S/C32H45NO4/c1-20-21-8-9-24-30(4,22(21)18-23(34)26(20)35)13-15-32(6)25-19-29(3,27(36)33-16-17-37-7)11-10-28(25,2)12-14-31(24,32)5/h8-9,18,25,35H,10-17,19H2,1-7H3,(H,33,36)/t25-,28-,29-,30+,31-,32+/m1/s1. The molecule has 5 aliphatic carbocycles. The van der Waals surface area contributed by atoms with Gasteiger partial charge in [-0.3, -0.25) is 9.59 Å². The van der Waals surface area contributed by atoms with Gasteiger partial charge in [0.2, 0.25) is 11.7 Å². The van der Waals surface area contributed by atoms with Gasteiger partial charge in [0.25, 0.3) is 0 Å². The third-order valence-corrected chi connectivity index (χ3v) is 12.0. The average Bonchev–Trinajstić information content (AvgIpc) is 2.86. The van der Waals surface area contributed by atoms with Gasteiger partial charge in [-0.1, -0.05) is 52.3 Å². The third kappa shape index (κ3) is 3.52. The zero-order chi connectivity index (χ0) is 27.0. The van der Waals surface area contributed by atoms with Crippen molar-refractivity contribution in [1.29, 1.82) is 0 Å². The molecule has 5 rings (SSSR count). The molecule has 1 amide bonds. The summed E-state index contributed by atoms with van der Waals surface area (Å²) in [5.41, 5.74) is 3.87. The molecule has 0 bridgehead atoms. The first-order valence-electron chi connectivity index (χ1n) is 14.1. The number of nitrogens with one attached hydrogen (secondary N) is 1. The molecule has 2 N–H and O–H groups in total. The number of allylic oxidation sites excluding steroid dienone is 7. The highest BCUT2D eigenvalue weighted by Crippen LogP contribution is 2.75. The lowest BCUT2D eigenvalue weighted by molar-refractivity contribution is -0.169. The van der Waals surface area contributed by atoms with E-state index in [1.165, 1.54) is 5.57 Å². The van der Waals surface area contributed by atoms with Crippen LogP contribution in [0.25, 0.3) is 0 Å².